The summed E-state index contributed by atoms with van der Waals surface area (Å²) in [6.07, 6.45) is -1.60. The molecule has 1 aliphatic rings. The Hall–Kier alpha value is -2.87. The van der Waals surface area contributed by atoms with Crippen LogP contribution in [0.5, 0.6) is 11.5 Å². The van der Waals surface area contributed by atoms with Crippen molar-refractivity contribution in [1.82, 2.24) is 9.97 Å². The predicted octanol–water partition coefficient (Wildman–Crippen LogP) is 3.05. The molecule has 0 amide bonds. The number of H-pyrrole nitrogens is 1. The Balaban J connectivity index is 1.52. The molecule has 4 rings (SSSR count). The van der Waals surface area contributed by atoms with Crippen molar-refractivity contribution in [3.05, 3.63) is 50.9 Å². The molecule has 0 unspecified atom stereocenters. The van der Waals surface area contributed by atoms with Gasteiger partial charge in [0.25, 0.3) is 5.56 Å². The van der Waals surface area contributed by atoms with Crippen molar-refractivity contribution >= 4 is 27.5 Å². The Morgan fingerprint density at radius 2 is 2.07 bits per heavy atom. The first-order chi connectivity index (χ1) is 12.9. The molecule has 3 aromatic rings. The summed E-state index contributed by atoms with van der Waals surface area (Å²) in [5.41, 5.74) is 0.692. The number of aromatic amines is 1. The number of aromatic nitrogens is 2. The first kappa shape index (κ1) is 17.5. The lowest BCUT2D eigenvalue weighted by atomic mass is 10.2. The molecule has 27 heavy (non-hydrogen) atoms. The number of hydrogen-bond acceptors (Lipinski definition) is 7. The Morgan fingerprint density at radius 1 is 1.33 bits per heavy atom. The van der Waals surface area contributed by atoms with Crippen LogP contribution in [0.15, 0.2) is 29.1 Å². The molecule has 3 heterocycles. The van der Waals surface area contributed by atoms with E-state index in [4.69, 9.17) is 14.2 Å². The first-order valence-electron chi connectivity index (χ1n) is 8.53. The van der Waals surface area contributed by atoms with Gasteiger partial charge in [-0.1, -0.05) is 12.1 Å². The van der Waals surface area contributed by atoms with Gasteiger partial charge in [0.05, 0.1) is 5.39 Å². The Labute approximate surface area is 158 Å². The number of para-hydroxylation sites is 2. The van der Waals surface area contributed by atoms with Crippen LogP contribution in [0, 0.1) is 13.8 Å². The molecule has 0 bridgehead atoms. The second-order valence-electron chi connectivity index (χ2n) is 6.36. The van der Waals surface area contributed by atoms with E-state index in [1.54, 1.807) is 25.1 Å². The van der Waals surface area contributed by atoms with E-state index in [-0.39, 0.29) is 12.2 Å². The molecule has 1 aromatic carbocycles. The number of benzene rings is 1. The molecule has 0 spiro atoms. The molecular formula is C19H18N2O5S. The lowest BCUT2D eigenvalue weighted by molar-refractivity contribution is -0.160. The number of ether oxygens (including phenoxy) is 3. The lowest BCUT2D eigenvalue weighted by Crippen LogP contribution is -2.38. The number of carbonyl (C=O) groups is 1. The topological polar surface area (TPSA) is 90.5 Å². The third-order valence-electron chi connectivity index (χ3n) is 4.51. The number of nitrogens with zero attached hydrogens (tertiary/aromatic N) is 1. The van der Waals surface area contributed by atoms with E-state index in [2.05, 4.69) is 9.97 Å². The zero-order valence-corrected chi connectivity index (χ0v) is 15.9. The van der Waals surface area contributed by atoms with E-state index in [0.717, 1.165) is 10.4 Å². The first-order valence-corrected chi connectivity index (χ1v) is 9.34. The highest BCUT2D eigenvalue weighted by Crippen LogP contribution is 2.32. The number of carbonyl (C=O) groups excluding carboxylic acids is 1. The third-order valence-corrected chi connectivity index (χ3v) is 5.61. The maximum absolute atomic E-state index is 12.5. The minimum Gasteiger partial charge on any atom is -0.485 e. The fourth-order valence-corrected chi connectivity index (χ4v) is 3.94. The van der Waals surface area contributed by atoms with E-state index in [1.165, 1.54) is 11.3 Å². The van der Waals surface area contributed by atoms with Crippen LogP contribution in [0.2, 0.25) is 0 Å². The van der Waals surface area contributed by atoms with Crippen molar-refractivity contribution in [1.29, 1.82) is 0 Å². The molecule has 0 aliphatic carbocycles. The summed E-state index contributed by atoms with van der Waals surface area (Å²) in [4.78, 5) is 33.7. The Morgan fingerprint density at radius 3 is 2.85 bits per heavy atom. The maximum atomic E-state index is 12.5. The summed E-state index contributed by atoms with van der Waals surface area (Å²) in [6, 6.07) is 7.13. The molecular weight excluding hydrogens is 368 g/mol. The van der Waals surface area contributed by atoms with Gasteiger partial charge in [-0.3, -0.25) is 4.79 Å². The van der Waals surface area contributed by atoms with Crippen LogP contribution < -0.4 is 15.0 Å². The third kappa shape index (κ3) is 3.16. The normalized spacial score (nSPS) is 16.9. The summed E-state index contributed by atoms with van der Waals surface area (Å²) in [5.74, 6) is 0.822. The number of hydrogen-bond donors (Lipinski definition) is 1. The molecule has 0 fully saturated rings. The van der Waals surface area contributed by atoms with E-state index in [9.17, 15) is 9.59 Å². The number of thiophene rings is 1. The molecule has 7 nitrogen and oxygen atoms in total. The summed E-state index contributed by atoms with van der Waals surface area (Å²) < 4.78 is 16.7. The Kier molecular flexibility index (Phi) is 4.35. The second kappa shape index (κ2) is 6.70. The number of fused-ring (bicyclic) bond motifs is 2. The fraction of sp³-hybridized carbons (Fsp3) is 0.316. The van der Waals surface area contributed by atoms with Crippen molar-refractivity contribution < 1.29 is 19.0 Å². The largest absolute Gasteiger partial charge is 0.485 e. The predicted molar refractivity (Wildman–Crippen MR) is 101 cm³/mol. The summed E-state index contributed by atoms with van der Waals surface area (Å²) in [6.45, 7) is 5.57. The van der Waals surface area contributed by atoms with Crippen LogP contribution in [0.4, 0.5) is 0 Å². The van der Waals surface area contributed by atoms with Crippen LogP contribution >= 0.6 is 11.3 Å². The van der Waals surface area contributed by atoms with Crippen LogP contribution in [0.3, 0.4) is 0 Å². The molecule has 1 N–H and O–H groups in total. The number of nitrogens with one attached hydrogen (secondary N) is 1. The minimum atomic E-state index is -0.871. The van der Waals surface area contributed by atoms with Crippen molar-refractivity contribution in [2.24, 2.45) is 0 Å². The average Bonchev–Trinajstić information content (AvgIpc) is 2.95. The SMILES string of the molecule is Cc1sc2nc([C@@H](C)OC(=O)[C@@H]3COc4ccccc4O3)[nH]c(=O)c2c1C. The second-order valence-corrected chi connectivity index (χ2v) is 7.56. The van der Waals surface area contributed by atoms with Gasteiger partial charge in [-0.15, -0.1) is 11.3 Å². The van der Waals surface area contributed by atoms with E-state index in [1.807, 2.05) is 19.9 Å². The van der Waals surface area contributed by atoms with Gasteiger partial charge in [0.1, 0.15) is 11.4 Å². The van der Waals surface area contributed by atoms with E-state index < -0.39 is 18.2 Å². The van der Waals surface area contributed by atoms with Crippen LogP contribution in [0.1, 0.15) is 29.3 Å². The van der Waals surface area contributed by atoms with Gasteiger partial charge in [0.15, 0.2) is 23.4 Å². The van der Waals surface area contributed by atoms with Crippen LogP contribution in [-0.4, -0.2) is 28.6 Å². The molecule has 0 saturated heterocycles. The lowest BCUT2D eigenvalue weighted by Gasteiger charge is -2.25. The highest BCUT2D eigenvalue weighted by molar-refractivity contribution is 7.18. The van der Waals surface area contributed by atoms with Gasteiger partial charge in [-0.2, -0.15) is 0 Å². The molecule has 8 heteroatoms. The van der Waals surface area contributed by atoms with E-state index in [0.29, 0.717) is 27.5 Å². The molecule has 2 aromatic heterocycles. The molecule has 140 valence electrons. The van der Waals surface area contributed by atoms with Crippen LogP contribution in [-0.2, 0) is 9.53 Å². The van der Waals surface area contributed by atoms with Gasteiger partial charge >= 0.3 is 5.97 Å². The highest BCUT2D eigenvalue weighted by Gasteiger charge is 2.30. The van der Waals surface area contributed by atoms with Crippen molar-refractivity contribution in [3.63, 3.8) is 0 Å². The van der Waals surface area contributed by atoms with Crippen molar-refractivity contribution in [2.75, 3.05) is 6.61 Å². The molecule has 0 radical (unpaired) electrons. The zero-order chi connectivity index (χ0) is 19.1. The van der Waals surface area contributed by atoms with Gasteiger partial charge < -0.3 is 19.2 Å². The van der Waals surface area contributed by atoms with Crippen molar-refractivity contribution in [2.45, 2.75) is 33.0 Å². The average molecular weight is 386 g/mol. The van der Waals surface area contributed by atoms with E-state index >= 15 is 0 Å². The number of esters is 1. The summed E-state index contributed by atoms with van der Waals surface area (Å²) in [7, 11) is 0. The monoisotopic (exact) mass is 386 g/mol. The Bertz CT molecular complexity index is 1090. The standard InChI is InChI=1S/C19H18N2O5S/c1-9-11(3)27-18-15(9)17(22)20-16(21-18)10(2)25-19(23)14-8-24-12-6-4-5-7-13(12)26-14/h4-7,10,14H,8H2,1-3H3,(H,20,21,22)/t10-,14+/m1/s1. The smallest absolute Gasteiger partial charge is 0.351 e. The number of aryl methyl sites for hydroxylation is 2. The van der Waals surface area contributed by atoms with Gasteiger partial charge in [-0.05, 0) is 38.5 Å². The number of rotatable bonds is 3. The quantitative estimate of drug-likeness (QED) is 0.696. The minimum absolute atomic E-state index is 0.0643. The summed E-state index contributed by atoms with van der Waals surface area (Å²) in [5, 5.41) is 0.584. The zero-order valence-electron chi connectivity index (χ0n) is 15.1. The van der Waals surface area contributed by atoms with Gasteiger partial charge in [0, 0.05) is 4.88 Å². The maximum Gasteiger partial charge on any atom is 0.351 e. The van der Waals surface area contributed by atoms with Gasteiger partial charge in [-0.25, -0.2) is 9.78 Å². The fourth-order valence-electron chi connectivity index (χ4n) is 2.91. The molecule has 1 aliphatic heterocycles. The van der Waals surface area contributed by atoms with Crippen LogP contribution in [0.25, 0.3) is 10.2 Å². The molecule has 2 atom stereocenters. The highest BCUT2D eigenvalue weighted by atomic mass is 32.1. The molecule has 0 saturated carbocycles. The van der Waals surface area contributed by atoms with Crippen molar-refractivity contribution in [3.8, 4) is 11.5 Å². The van der Waals surface area contributed by atoms with Gasteiger partial charge in [0.2, 0.25) is 6.10 Å². The summed E-state index contributed by atoms with van der Waals surface area (Å²) >= 11 is 1.45.